The molecule has 20 heavy (non-hydrogen) atoms. The zero-order valence-corrected chi connectivity index (χ0v) is 13.4. The standard InChI is InChI=1S/C16H14BrClN2/c1-11(8-12-2-5-14(17)6-3-12)20-15-7-4-13(10-19)16(18)9-15/h2-7,9,11,20H,8H2,1H3. The molecule has 1 unspecified atom stereocenters. The van der Waals surface area contributed by atoms with Gasteiger partial charge >= 0.3 is 0 Å². The Morgan fingerprint density at radius 1 is 1.25 bits per heavy atom. The van der Waals surface area contributed by atoms with Crippen LogP contribution in [0.15, 0.2) is 46.9 Å². The van der Waals surface area contributed by atoms with Gasteiger partial charge in [0.05, 0.1) is 10.6 Å². The van der Waals surface area contributed by atoms with E-state index in [9.17, 15) is 0 Å². The fourth-order valence-corrected chi connectivity index (χ4v) is 2.49. The summed E-state index contributed by atoms with van der Waals surface area (Å²) in [5.41, 5.74) is 2.70. The van der Waals surface area contributed by atoms with Gasteiger partial charge < -0.3 is 5.32 Å². The molecule has 0 aliphatic carbocycles. The minimum absolute atomic E-state index is 0.278. The summed E-state index contributed by atoms with van der Waals surface area (Å²) < 4.78 is 1.08. The van der Waals surface area contributed by atoms with Crippen LogP contribution in [0.2, 0.25) is 5.02 Å². The monoisotopic (exact) mass is 348 g/mol. The van der Waals surface area contributed by atoms with Crippen LogP contribution in [0.25, 0.3) is 0 Å². The van der Waals surface area contributed by atoms with Crippen molar-refractivity contribution >= 4 is 33.2 Å². The third-order valence-corrected chi connectivity index (χ3v) is 3.80. The van der Waals surface area contributed by atoms with Crippen LogP contribution in [0.1, 0.15) is 18.1 Å². The zero-order chi connectivity index (χ0) is 14.5. The van der Waals surface area contributed by atoms with Crippen molar-refractivity contribution < 1.29 is 0 Å². The average Bonchev–Trinajstić information content (AvgIpc) is 2.41. The van der Waals surface area contributed by atoms with Gasteiger partial charge in [-0.15, -0.1) is 0 Å². The van der Waals surface area contributed by atoms with Crippen molar-refractivity contribution in [3.63, 3.8) is 0 Å². The largest absolute Gasteiger partial charge is 0.382 e. The molecule has 2 aromatic carbocycles. The molecule has 0 saturated carbocycles. The Hall–Kier alpha value is -1.50. The van der Waals surface area contributed by atoms with Gasteiger partial charge in [0.25, 0.3) is 0 Å². The van der Waals surface area contributed by atoms with E-state index in [4.69, 9.17) is 16.9 Å². The van der Waals surface area contributed by atoms with E-state index < -0.39 is 0 Å². The van der Waals surface area contributed by atoms with Crippen LogP contribution in [0.5, 0.6) is 0 Å². The van der Waals surface area contributed by atoms with Crippen LogP contribution in [-0.4, -0.2) is 6.04 Å². The molecule has 0 aliphatic rings. The van der Waals surface area contributed by atoms with Crippen molar-refractivity contribution in [2.45, 2.75) is 19.4 Å². The number of anilines is 1. The maximum Gasteiger partial charge on any atom is 0.101 e. The van der Waals surface area contributed by atoms with Crippen molar-refractivity contribution in [3.05, 3.63) is 63.1 Å². The summed E-state index contributed by atoms with van der Waals surface area (Å²) in [5, 5.41) is 12.7. The molecule has 4 heteroatoms. The number of benzene rings is 2. The van der Waals surface area contributed by atoms with Crippen LogP contribution >= 0.6 is 27.5 Å². The summed E-state index contributed by atoms with van der Waals surface area (Å²) in [6.07, 6.45) is 0.922. The molecule has 2 aromatic rings. The molecule has 0 fully saturated rings. The van der Waals surface area contributed by atoms with Crippen molar-refractivity contribution in [1.82, 2.24) is 0 Å². The smallest absolute Gasteiger partial charge is 0.101 e. The van der Waals surface area contributed by atoms with Gasteiger partial charge in [0.15, 0.2) is 0 Å². The number of hydrogen-bond donors (Lipinski definition) is 1. The highest BCUT2D eigenvalue weighted by Gasteiger charge is 2.06. The van der Waals surface area contributed by atoms with E-state index in [0.717, 1.165) is 16.6 Å². The van der Waals surface area contributed by atoms with Crippen molar-refractivity contribution in [2.75, 3.05) is 5.32 Å². The van der Waals surface area contributed by atoms with E-state index >= 15 is 0 Å². The summed E-state index contributed by atoms with van der Waals surface area (Å²) in [6.45, 7) is 2.12. The molecule has 0 spiro atoms. The first-order chi connectivity index (χ1) is 9.58. The first kappa shape index (κ1) is 14.9. The van der Waals surface area contributed by atoms with Gasteiger partial charge in [-0.2, -0.15) is 5.26 Å². The Morgan fingerprint density at radius 3 is 2.55 bits per heavy atom. The molecule has 1 atom stereocenters. The maximum atomic E-state index is 8.85. The Morgan fingerprint density at radius 2 is 1.95 bits per heavy atom. The first-order valence-corrected chi connectivity index (χ1v) is 7.46. The third kappa shape index (κ3) is 4.00. The van der Waals surface area contributed by atoms with Crippen molar-refractivity contribution in [2.24, 2.45) is 0 Å². The molecule has 0 aromatic heterocycles. The predicted octanol–water partition coefficient (Wildman–Crippen LogP) is 5.02. The van der Waals surface area contributed by atoms with Crippen LogP contribution in [-0.2, 0) is 6.42 Å². The molecular weight excluding hydrogens is 336 g/mol. The predicted molar refractivity (Wildman–Crippen MR) is 87.1 cm³/mol. The van der Waals surface area contributed by atoms with Gasteiger partial charge in [-0.25, -0.2) is 0 Å². The highest BCUT2D eigenvalue weighted by Crippen LogP contribution is 2.21. The number of nitrogens with zero attached hydrogens (tertiary/aromatic N) is 1. The number of nitriles is 1. The molecule has 2 rings (SSSR count). The third-order valence-electron chi connectivity index (χ3n) is 2.96. The SMILES string of the molecule is CC(Cc1ccc(Br)cc1)Nc1ccc(C#N)c(Cl)c1. The van der Waals surface area contributed by atoms with Crippen molar-refractivity contribution in [1.29, 1.82) is 5.26 Å². The van der Waals surface area contributed by atoms with E-state index in [1.165, 1.54) is 5.56 Å². The molecule has 0 amide bonds. The van der Waals surface area contributed by atoms with Crippen LogP contribution in [0, 0.1) is 11.3 Å². The number of nitrogens with one attached hydrogen (secondary N) is 1. The summed E-state index contributed by atoms with van der Waals surface area (Å²) in [7, 11) is 0. The van der Waals surface area contributed by atoms with Gasteiger partial charge in [-0.05, 0) is 49.2 Å². The molecule has 2 nitrogen and oxygen atoms in total. The fraction of sp³-hybridized carbons (Fsp3) is 0.188. The van der Waals surface area contributed by atoms with Gasteiger partial charge in [-0.1, -0.05) is 39.7 Å². The van der Waals surface area contributed by atoms with E-state index in [-0.39, 0.29) is 6.04 Å². The highest BCUT2D eigenvalue weighted by atomic mass is 79.9. The lowest BCUT2D eigenvalue weighted by molar-refractivity contribution is 0.790. The zero-order valence-electron chi connectivity index (χ0n) is 11.0. The van der Waals surface area contributed by atoms with Gasteiger partial charge in [0.2, 0.25) is 0 Å². The summed E-state index contributed by atoms with van der Waals surface area (Å²) >= 11 is 9.45. The molecule has 102 valence electrons. The summed E-state index contributed by atoms with van der Waals surface area (Å²) in [6, 6.07) is 16.0. The van der Waals surface area contributed by atoms with Gasteiger partial charge in [0.1, 0.15) is 6.07 Å². The summed E-state index contributed by atoms with van der Waals surface area (Å²) in [4.78, 5) is 0. The van der Waals surface area contributed by atoms with Crippen LogP contribution < -0.4 is 5.32 Å². The topological polar surface area (TPSA) is 35.8 Å². The Labute approximate surface area is 132 Å². The molecular formula is C16H14BrClN2. The Balaban J connectivity index is 2.01. The lowest BCUT2D eigenvalue weighted by Gasteiger charge is -2.16. The minimum Gasteiger partial charge on any atom is -0.382 e. The quantitative estimate of drug-likeness (QED) is 0.841. The highest BCUT2D eigenvalue weighted by molar-refractivity contribution is 9.10. The molecule has 0 aliphatic heterocycles. The van der Waals surface area contributed by atoms with Crippen LogP contribution in [0.4, 0.5) is 5.69 Å². The van der Waals surface area contributed by atoms with Gasteiger partial charge in [-0.3, -0.25) is 0 Å². The Bertz CT molecular complexity index is 632. The van der Waals surface area contributed by atoms with Crippen molar-refractivity contribution in [3.8, 4) is 6.07 Å². The molecule has 0 radical (unpaired) electrons. The normalized spacial score (nSPS) is 11.7. The average molecular weight is 350 g/mol. The number of halogens is 2. The number of rotatable bonds is 4. The Kier molecular flexibility index (Phi) is 5.05. The van der Waals surface area contributed by atoms with E-state index in [1.807, 2.05) is 18.2 Å². The first-order valence-electron chi connectivity index (χ1n) is 6.29. The number of hydrogen-bond acceptors (Lipinski definition) is 2. The molecule has 0 bridgehead atoms. The lowest BCUT2D eigenvalue weighted by Crippen LogP contribution is -2.18. The second-order valence-electron chi connectivity index (χ2n) is 4.68. The van der Waals surface area contributed by atoms with E-state index in [0.29, 0.717) is 10.6 Å². The summed E-state index contributed by atoms with van der Waals surface area (Å²) in [5.74, 6) is 0. The molecule has 0 heterocycles. The molecule has 1 N–H and O–H groups in total. The fourth-order valence-electron chi connectivity index (χ4n) is 2.01. The second kappa shape index (κ2) is 6.78. The van der Waals surface area contributed by atoms with Gasteiger partial charge in [0, 0.05) is 16.2 Å². The van der Waals surface area contributed by atoms with E-state index in [2.05, 4.69) is 46.4 Å². The van der Waals surface area contributed by atoms with Crippen LogP contribution in [0.3, 0.4) is 0 Å². The lowest BCUT2D eigenvalue weighted by atomic mass is 10.1. The second-order valence-corrected chi connectivity index (χ2v) is 6.01. The minimum atomic E-state index is 0.278. The maximum absolute atomic E-state index is 8.85. The molecule has 0 saturated heterocycles. The van der Waals surface area contributed by atoms with E-state index in [1.54, 1.807) is 12.1 Å².